The molecule has 0 bridgehead atoms. The molecule has 1 heterocycles. The number of halogens is 1. The minimum Gasteiger partial charge on any atom is -0.348 e. The Labute approximate surface area is 142 Å². The minimum atomic E-state index is -0.217. The molecular formula is C19H21ClN2O. The zero-order chi connectivity index (χ0) is 14.9. The molecule has 3 nitrogen and oxygen atoms in total. The Bertz CT molecular complexity index is 716. The van der Waals surface area contributed by atoms with E-state index in [4.69, 9.17) is 0 Å². The van der Waals surface area contributed by atoms with Gasteiger partial charge in [0.15, 0.2) is 0 Å². The van der Waals surface area contributed by atoms with Gasteiger partial charge in [0, 0.05) is 6.54 Å². The van der Waals surface area contributed by atoms with Crippen molar-refractivity contribution in [1.82, 2.24) is 10.6 Å². The highest BCUT2D eigenvalue weighted by atomic mass is 35.5. The molecule has 1 unspecified atom stereocenters. The normalized spacial score (nSPS) is 21.7. The molecule has 2 aromatic rings. The Morgan fingerprint density at radius 3 is 2.52 bits per heavy atom. The summed E-state index contributed by atoms with van der Waals surface area (Å²) in [6.45, 7) is 0.773. The summed E-state index contributed by atoms with van der Waals surface area (Å²) >= 11 is 0. The maximum Gasteiger partial charge on any atom is 0.242 e. The van der Waals surface area contributed by atoms with E-state index in [1.54, 1.807) is 0 Å². The van der Waals surface area contributed by atoms with E-state index in [9.17, 15) is 4.79 Å². The highest BCUT2D eigenvalue weighted by molar-refractivity contribution is 5.85. The Balaban J connectivity index is 0.00000156. The van der Waals surface area contributed by atoms with Crippen LogP contribution in [0.5, 0.6) is 0 Å². The van der Waals surface area contributed by atoms with Crippen LogP contribution in [0.3, 0.4) is 0 Å². The smallest absolute Gasteiger partial charge is 0.242 e. The van der Waals surface area contributed by atoms with Gasteiger partial charge in [0.25, 0.3) is 0 Å². The number of fused-ring (bicyclic) bond motifs is 2. The zero-order valence-corrected chi connectivity index (χ0v) is 13.7. The molecule has 0 saturated carbocycles. The lowest BCUT2D eigenvalue weighted by atomic mass is 9.87. The van der Waals surface area contributed by atoms with Crippen molar-refractivity contribution in [2.45, 2.75) is 37.9 Å². The second kappa shape index (κ2) is 6.73. The van der Waals surface area contributed by atoms with Crippen molar-refractivity contribution >= 4 is 18.3 Å². The number of nitrogens with one attached hydrogen (secondary N) is 2. The maximum absolute atomic E-state index is 12.7. The Morgan fingerprint density at radius 1 is 1.00 bits per heavy atom. The van der Waals surface area contributed by atoms with Crippen molar-refractivity contribution in [2.24, 2.45) is 0 Å². The van der Waals surface area contributed by atoms with Crippen LogP contribution in [-0.4, -0.2) is 5.91 Å². The first kappa shape index (κ1) is 16.0. The number of hydrogen-bond donors (Lipinski definition) is 2. The van der Waals surface area contributed by atoms with Gasteiger partial charge in [0.1, 0.15) is 6.04 Å². The van der Waals surface area contributed by atoms with Crippen LogP contribution in [0, 0.1) is 0 Å². The third-order valence-corrected chi connectivity index (χ3v) is 4.81. The summed E-state index contributed by atoms with van der Waals surface area (Å²) < 4.78 is 0. The lowest BCUT2D eigenvalue weighted by Gasteiger charge is -2.27. The van der Waals surface area contributed by atoms with Gasteiger partial charge in [-0.25, -0.2) is 0 Å². The highest BCUT2D eigenvalue weighted by Crippen LogP contribution is 2.31. The monoisotopic (exact) mass is 328 g/mol. The van der Waals surface area contributed by atoms with Gasteiger partial charge >= 0.3 is 0 Å². The van der Waals surface area contributed by atoms with E-state index in [1.807, 2.05) is 18.2 Å². The van der Waals surface area contributed by atoms with Crippen LogP contribution >= 0.6 is 12.4 Å². The highest BCUT2D eigenvalue weighted by Gasteiger charge is 2.30. The number of aryl methyl sites for hydroxylation is 1. The van der Waals surface area contributed by atoms with E-state index in [0.29, 0.717) is 0 Å². The SMILES string of the molecule is Cl.O=C(N[C@@H]1CCCc2ccccc21)C1NCc2ccccc21. The van der Waals surface area contributed by atoms with Crippen LogP contribution in [0.25, 0.3) is 0 Å². The van der Waals surface area contributed by atoms with E-state index in [-0.39, 0.29) is 30.4 Å². The molecule has 23 heavy (non-hydrogen) atoms. The van der Waals surface area contributed by atoms with E-state index in [2.05, 4.69) is 41.0 Å². The lowest BCUT2D eigenvalue weighted by molar-refractivity contribution is -0.124. The number of carbonyl (C=O) groups is 1. The van der Waals surface area contributed by atoms with Crippen molar-refractivity contribution in [3.05, 3.63) is 70.8 Å². The second-order valence-electron chi connectivity index (χ2n) is 6.16. The quantitative estimate of drug-likeness (QED) is 0.886. The standard InChI is InChI=1S/C19H20N2O.ClH/c22-19(18-16-10-4-2-7-14(16)12-20-18)21-17-11-5-8-13-6-1-3-9-15(13)17;/h1-4,6-7,9-10,17-18,20H,5,8,11-12H2,(H,21,22);1H/t17-,18?;/m1./s1. The predicted molar refractivity (Wildman–Crippen MR) is 93.5 cm³/mol. The second-order valence-corrected chi connectivity index (χ2v) is 6.16. The molecule has 4 heteroatoms. The summed E-state index contributed by atoms with van der Waals surface area (Å²) in [5.74, 6) is 0.0895. The number of amides is 1. The van der Waals surface area contributed by atoms with E-state index in [0.717, 1.165) is 31.4 Å². The van der Waals surface area contributed by atoms with Gasteiger partial charge in [-0.2, -0.15) is 0 Å². The van der Waals surface area contributed by atoms with Crippen LogP contribution in [0.4, 0.5) is 0 Å². The Hall–Kier alpha value is -1.84. The van der Waals surface area contributed by atoms with E-state index in [1.165, 1.54) is 16.7 Å². The molecule has 120 valence electrons. The largest absolute Gasteiger partial charge is 0.348 e. The third-order valence-electron chi connectivity index (χ3n) is 4.81. The van der Waals surface area contributed by atoms with Gasteiger partial charge in [0.2, 0.25) is 5.91 Å². The van der Waals surface area contributed by atoms with Crippen LogP contribution < -0.4 is 10.6 Å². The van der Waals surface area contributed by atoms with Crippen molar-refractivity contribution in [3.63, 3.8) is 0 Å². The average Bonchev–Trinajstić information content (AvgIpc) is 2.99. The predicted octanol–water partition coefficient (Wildman–Crippen LogP) is 3.45. The first-order valence-electron chi connectivity index (χ1n) is 8.02. The molecule has 1 amide bonds. The number of benzene rings is 2. The Kier molecular flexibility index (Phi) is 4.69. The molecule has 0 aromatic heterocycles. The van der Waals surface area contributed by atoms with E-state index >= 15 is 0 Å². The first-order valence-corrected chi connectivity index (χ1v) is 8.02. The third kappa shape index (κ3) is 2.99. The van der Waals surface area contributed by atoms with Crippen LogP contribution in [0.2, 0.25) is 0 Å². The average molecular weight is 329 g/mol. The van der Waals surface area contributed by atoms with Gasteiger partial charge in [-0.1, -0.05) is 48.5 Å². The zero-order valence-electron chi connectivity index (χ0n) is 12.9. The summed E-state index contributed by atoms with van der Waals surface area (Å²) in [7, 11) is 0. The maximum atomic E-state index is 12.7. The number of hydrogen-bond acceptors (Lipinski definition) is 2. The Morgan fingerprint density at radius 2 is 1.70 bits per heavy atom. The summed E-state index contributed by atoms with van der Waals surface area (Å²) in [6.07, 6.45) is 3.28. The topological polar surface area (TPSA) is 41.1 Å². The summed E-state index contributed by atoms with van der Waals surface area (Å²) in [6, 6.07) is 16.6. The van der Waals surface area contributed by atoms with Crippen molar-refractivity contribution in [2.75, 3.05) is 0 Å². The molecule has 0 saturated heterocycles. The molecule has 0 fully saturated rings. The molecule has 2 N–H and O–H groups in total. The van der Waals surface area contributed by atoms with Gasteiger partial charge in [0.05, 0.1) is 6.04 Å². The van der Waals surface area contributed by atoms with Gasteiger partial charge in [-0.3, -0.25) is 10.1 Å². The van der Waals surface area contributed by atoms with Crippen molar-refractivity contribution in [1.29, 1.82) is 0 Å². The van der Waals surface area contributed by atoms with Gasteiger partial charge in [-0.15, -0.1) is 12.4 Å². The summed E-state index contributed by atoms with van der Waals surface area (Å²) in [5.41, 5.74) is 5.00. The molecule has 2 aliphatic rings. The van der Waals surface area contributed by atoms with Crippen molar-refractivity contribution < 1.29 is 4.79 Å². The molecule has 0 radical (unpaired) electrons. The molecular weight excluding hydrogens is 308 g/mol. The number of rotatable bonds is 2. The van der Waals surface area contributed by atoms with Crippen molar-refractivity contribution in [3.8, 4) is 0 Å². The molecule has 0 spiro atoms. The molecule has 2 aromatic carbocycles. The van der Waals surface area contributed by atoms with Crippen LogP contribution in [0.15, 0.2) is 48.5 Å². The molecule has 4 rings (SSSR count). The van der Waals surface area contributed by atoms with E-state index < -0.39 is 0 Å². The fraction of sp³-hybridized carbons (Fsp3) is 0.316. The van der Waals surface area contributed by atoms with Crippen LogP contribution in [0.1, 0.15) is 47.2 Å². The first-order chi connectivity index (χ1) is 10.8. The summed E-state index contributed by atoms with van der Waals surface area (Å²) in [5, 5.41) is 6.58. The molecule has 1 aliphatic carbocycles. The van der Waals surface area contributed by atoms with Gasteiger partial charge < -0.3 is 5.32 Å². The van der Waals surface area contributed by atoms with Crippen LogP contribution in [-0.2, 0) is 17.8 Å². The fourth-order valence-corrected chi connectivity index (χ4v) is 3.69. The fourth-order valence-electron chi connectivity index (χ4n) is 3.69. The van der Waals surface area contributed by atoms with Gasteiger partial charge in [-0.05, 0) is 41.5 Å². The lowest BCUT2D eigenvalue weighted by Crippen LogP contribution is -2.37. The molecule has 2 atom stereocenters. The molecule has 1 aliphatic heterocycles. The number of carbonyl (C=O) groups excluding carboxylic acids is 1. The summed E-state index contributed by atoms with van der Waals surface area (Å²) in [4.78, 5) is 12.7. The minimum absolute atomic E-state index is 0.